The molecule has 1 aromatic heterocycles. The topological polar surface area (TPSA) is 74.7 Å². The van der Waals surface area contributed by atoms with Gasteiger partial charge in [0.25, 0.3) is 0 Å². The first-order chi connectivity index (χ1) is 13.5. The number of amides is 1. The number of rotatable bonds is 6. The number of hydrogen-bond donors (Lipinski definition) is 2. The molecule has 3 rings (SSSR count). The SMILES string of the molecule is CCOc1ccc(-c2cc(N3CCC(NC(C)=O)CC3)cc(CO)n2)cc1F. The highest BCUT2D eigenvalue weighted by Gasteiger charge is 2.21. The molecule has 0 atom stereocenters. The maximum atomic E-state index is 14.3. The predicted octanol–water partition coefficient (Wildman–Crippen LogP) is 2.88. The third kappa shape index (κ3) is 4.78. The first kappa shape index (κ1) is 20.1. The molecule has 0 spiro atoms. The largest absolute Gasteiger partial charge is 0.491 e. The van der Waals surface area contributed by atoms with Gasteiger partial charge >= 0.3 is 0 Å². The third-order valence-electron chi connectivity index (χ3n) is 4.82. The van der Waals surface area contributed by atoms with E-state index in [4.69, 9.17) is 4.74 Å². The molecule has 0 saturated carbocycles. The molecule has 2 N–H and O–H groups in total. The van der Waals surface area contributed by atoms with Crippen molar-refractivity contribution in [1.82, 2.24) is 10.3 Å². The highest BCUT2D eigenvalue weighted by molar-refractivity contribution is 5.73. The second-order valence-corrected chi connectivity index (χ2v) is 6.90. The van der Waals surface area contributed by atoms with Gasteiger partial charge in [0.05, 0.1) is 24.6 Å². The smallest absolute Gasteiger partial charge is 0.217 e. The predicted molar refractivity (Wildman–Crippen MR) is 106 cm³/mol. The molecule has 28 heavy (non-hydrogen) atoms. The minimum atomic E-state index is -0.437. The lowest BCUT2D eigenvalue weighted by Crippen LogP contribution is -2.44. The second-order valence-electron chi connectivity index (χ2n) is 6.90. The van der Waals surface area contributed by atoms with E-state index in [1.807, 2.05) is 12.1 Å². The Bertz CT molecular complexity index is 836. The zero-order chi connectivity index (χ0) is 20.1. The number of aromatic nitrogens is 1. The Morgan fingerprint density at radius 2 is 2.07 bits per heavy atom. The van der Waals surface area contributed by atoms with Gasteiger partial charge in [-0.15, -0.1) is 0 Å². The number of hydrogen-bond acceptors (Lipinski definition) is 5. The average Bonchev–Trinajstić information content (AvgIpc) is 2.69. The van der Waals surface area contributed by atoms with Gasteiger partial charge in [-0.1, -0.05) is 0 Å². The van der Waals surface area contributed by atoms with Gasteiger partial charge in [0.15, 0.2) is 11.6 Å². The number of aliphatic hydroxyl groups is 1. The van der Waals surface area contributed by atoms with Gasteiger partial charge in [-0.2, -0.15) is 0 Å². The fourth-order valence-corrected chi connectivity index (χ4v) is 3.49. The van der Waals surface area contributed by atoms with Crippen LogP contribution in [0.25, 0.3) is 11.3 Å². The molecule has 1 saturated heterocycles. The van der Waals surface area contributed by atoms with Crippen LogP contribution in [0.4, 0.5) is 10.1 Å². The van der Waals surface area contributed by atoms with E-state index in [-0.39, 0.29) is 24.3 Å². The van der Waals surface area contributed by atoms with Gasteiger partial charge in [-0.3, -0.25) is 9.78 Å². The van der Waals surface area contributed by atoms with Gasteiger partial charge < -0.3 is 20.1 Å². The highest BCUT2D eigenvalue weighted by atomic mass is 19.1. The Labute approximate surface area is 164 Å². The number of nitrogens with zero attached hydrogens (tertiary/aromatic N) is 2. The number of pyridine rings is 1. The van der Waals surface area contributed by atoms with Crippen molar-refractivity contribution in [2.24, 2.45) is 0 Å². The van der Waals surface area contributed by atoms with Crippen molar-refractivity contribution in [1.29, 1.82) is 0 Å². The van der Waals surface area contributed by atoms with E-state index in [0.29, 0.717) is 23.6 Å². The van der Waals surface area contributed by atoms with Crippen LogP contribution in [0.1, 0.15) is 32.4 Å². The van der Waals surface area contributed by atoms with Gasteiger partial charge in [0.1, 0.15) is 0 Å². The van der Waals surface area contributed by atoms with Crippen LogP contribution < -0.4 is 15.0 Å². The van der Waals surface area contributed by atoms with Crippen LogP contribution in [0.3, 0.4) is 0 Å². The summed E-state index contributed by atoms with van der Waals surface area (Å²) in [5, 5.41) is 12.6. The number of anilines is 1. The fraction of sp³-hybridized carbons (Fsp3) is 0.429. The maximum Gasteiger partial charge on any atom is 0.217 e. The monoisotopic (exact) mass is 387 g/mol. The summed E-state index contributed by atoms with van der Waals surface area (Å²) in [6.07, 6.45) is 1.70. The summed E-state index contributed by atoms with van der Waals surface area (Å²) in [7, 11) is 0. The Morgan fingerprint density at radius 3 is 2.68 bits per heavy atom. The van der Waals surface area contributed by atoms with E-state index >= 15 is 0 Å². The molecule has 1 aliphatic rings. The van der Waals surface area contributed by atoms with Crippen molar-refractivity contribution in [3.63, 3.8) is 0 Å². The number of nitrogens with one attached hydrogen (secondary N) is 1. The molecule has 0 radical (unpaired) electrons. The molecule has 0 bridgehead atoms. The van der Waals surface area contributed by atoms with E-state index in [2.05, 4.69) is 15.2 Å². The van der Waals surface area contributed by atoms with Gasteiger partial charge in [-0.05, 0) is 50.1 Å². The van der Waals surface area contributed by atoms with E-state index in [9.17, 15) is 14.3 Å². The van der Waals surface area contributed by atoms with Crippen molar-refractivity contribution in [3.05, 3.63) is 41.8 Å². The third-order valence-corrected chi connectivity index (χ3v) is 4.82. The molecule has 0 unspecified atom stereocenters. The number of carbonyl (C=O) groups is 1. The number of halogens is 1. The van der Waals surface area contributed by atoms with Crippen LogP contribution in [0, 0.1) is 5.82 Å². The van der Waals surface area contributed by atoms with Crippen LogP contribution in [-0.2, 0) is 11.4 Å². The molecule has 2 heterocycles. The average molecular weight is 387 g/mol. The fourth-order valence-electron chi connectivity index (χ4n) is 3.49. The summed E-state index contributed by atoms with van der Waals surface area (Å²) in [5.74, 6) is -0.234. The highest BCUT2D eigenvalue weighted by Crippen LogP contribution is 2.29. The zero-order valence-corrected chi connectivity index (χ0v) is 16.2. The number of ether oxygens (including phenoxy) is 1. The lowest BCUT2D eigenvalue weighted by Gasteiger charge is -2.34. The minimum Gasteiger partial charge on any atom is -0.491 e. The van der Waals surface area contributed by atoms with Crippen LogP contribution in [0.2, 0.25) is 0 Å². The Hall–Kier alpha value is -2.67. The molecule has 1 amide bonds. The lowest BCUT2D eigenvalue weighted by molar-refractivity contribution is -0.119. The Kier molecular flexibility index (Phi) is 6.46. The van der Waals surface area contributed by atoms with Crippen LogP contribution >= 0.6 is 0 Å². The summed E-state index contributed by atoms with van der Waals surface area (Å²) in [6.45, 7) is 5.12. The summed E-state index contributed by atoms with van der Waals surface area (Å²) < 4.78 is 19.5. The van der Waals surface area contributed by atoms with Gasteiger partial charge in [-0.25, -0.2) is 4.39 Å². The number of piperidine rings is 1. The Morgan fingerprint density at radius 1 is 1.32 bits per heavy atom. The molecule has 7 heteroatoms. The second kappa shape index (κ2) is 9.01. The minimum absolute atomic E-state index is 0.00950. The van der Waals surface area contributed by atoms with Crippen molar-refractivity contribution in [3.8, 4) is 17.0 Å². The standard InChI is InChI=1S/C21H26FN3O3/c1-3-28-21-5-4-15(10-19(21)22)20-12-18(11-17(13-26)24-20)25-8-6-16(7-9-25)23-14(2)27/h4-5,10-12,16,26H,3,6-9,13H2,1-2H3,(H,23,27). The van der Waals surface area contributed by atoms with Crippen molar-refractivity contribution in [2.45, 2.75) is 39.3 Å². The molecular weight excluding hydrogens is 361 g/mol. The van der Waals surface area contributed by atoms with Crippen LogP contribution in [0.15, 0.2) is 30.3 Å². The van der Waals surface area contributed by atoms with E-state index < -0.39 is 5.82 Å². The quantitative estimate of drug-likeness (QED) is 0.797. The Balaban J connectivity index is 1.83. The molecular formula is C21H26FN3O3. The summed E-state index contributed by atoms with van der Waals surface area (Å²) >= 11 is 0. The molecule has 6 nitrogen and oxygen atoms in total. The maximum absolute atomic E-state index is 14.3. The van der Waals surface area contributed by atoms with Crippen molar-refractivity contribution in [2.75, 3.05) is 24.6 Å². The van der Waals surface area contributed by atoms with Crippen molar-refractivity contribution >= 4 is 11.6 Å². The summed E-state index contributed by atoms with van der Waals surface area (Å²) in [6, 6.07) is 8.72. The van der Waals surface area contributed by atoms with Crippen LogP contribution in [-0.4, -0.2) is 41.7 Å². The zero-order valence-electron chi connectivity index (χ0n) is 16.2. The molecule has 150 valence electrons. The van der Waals surface area contributed by atoms with Crippen molar-refractivity contribution < 1.29 is 19.0 Å². The number of aliphatic hydroxyl groups excluding tert-OH is 1. The lowest BCUT2D eigenvalue weighted by atomic mass is 10.0. The van der Waals surface area contributed by atoms with Gasteiger partial charge in [0, 0.05) is 37.3 Å². The molecule has 2 aromatic rings. The summed E-state index contributed by atoms with van der Waals surface area (Å²) in [5.41, 5.74) is 2.70. The number of carbonyl (C=O) groups excluding carboxylic acids is 1. The first-order valence-electron chi connectivity index (χ1n) is 9.56. The molecule has 1 aromatic carbocycles. The summed E-state index contributed by atoms with van der Waals surface area (Å²) in [4.78, 5) is 17.9. The molecule has 1 fully saturated rings. The van der Waals surface area contributed by atoms with E-state index in [1.54, 1.807) is 19.1 Å². The van der Waals surface area contributed by atoms with E-state index in [0.717, 1.165) is 31.6 Å². The molecule has 1 aliphatic heterocycles. The normalized spacial score (nSPS) is 14.8. The molecule has 0 aliphatic carbocycles. The number of benzene rings is 1. The van der Waals surface area contributed by atoms with E-state index in [1.165, 1.54) is 13.0 Å². The van der Waals surface area contributed by atoms with Crippen LogP contribution in [0.5, 0.6) is 5.75 Å². The van der Waals surface area contributed by atoms with Gasteiger partial charge in [0.2, 0.25) is 5.91 Å². The first-order valence-corrected chi connectivity index (χ1v) is 9.56.